The lowest BCUT2D eigenvalue weighted by molar-refractivity contribution is 0.389. The highest BCUT2D eigenvalue weighted by Gasteiger charge is 2.16. The Balaban J connectivity index is 2.86. The molecule has 0 bridgehead atoms. The van der Waals surface area contributed by atoms with E-state index < -0.39 is 5.82 Å². The topological polar surface area (TPSA) is 42.1 Å². The molecule has 0 fully saturated rings. The predicted octanol–water partition coefficient (Wildman–Crippen LogP) is 3.45. The Hall–Kier alpha value is -1.55. The number of ether oxygens (including phenoxy) is 1. The van der Waals surface area contributed by atoms with Gasteiger partial charge in [-0.2, -0.15) is 0 Å². The Morgan fingerprint density at radius 2 is 2.06 bits per heavy atom. The Morgan fingerprint density at radius 1 is 1.39 bits per heavy atom. The quantitative estimate of drug-likeness (QED) is 0.907. The standard InChI is InChI=1S/C13H13ClFNO2/c1-6(2)8-4-7-5-9(14)12(18-3)10(15)11(7)16-13(8)17/h4-6H,1-3H3,(H,16,17). The average molecular weight is 270 g/mol. The number of aromatic nitrogens is 1. The van der Waals surface area contributed by atoms with E-state index in [2.05, 4.69) is 4.98 Å². The highest BCUT2D eigenvalue weighted by molar-refractivity contribution is 6.32. The molecular weight excluding hydrogens is 257 g/mol. The molecule has 0 spiro atoms. The second-order valence-electron chi connectivity index (χ2n) is 4.38. The molecule has 1 aromatic heterocycles. The molecular formula is C13H13ClFNO2. The van der Waals surface area contributed by atoms with Crippen LogP contribution in [0.15, 0.2) is 16.9 Å². The van der Waals surface area contributed by atoms with E-state index in [1.54, 1.807) is 12.1 Å². The first-order valence-electron chi connectivity index (χ1n) is 5.54. The molecule has 0 amide bonds. The third kappa shape index (κ3) is 1.97. The number of benzene rings is 1. The highest BCUT2D eigenvalue weighted by Crippen LogP contribution is 2.33. The molecule has 0 aliphatic heterocycles. The smallest absolute Gasteiger partial charge is 0.251 e. The van der Waals surface area contributed by atoms with E-state index in [0.29, 0.717) is 10.9 Å². The molecule has 96 valence electrons. The van der Waals surface area contributed by atoms with Crippen LogP contribution in [0, 0.1) is 5.82 Å². The van der Waals surface area contributed by atoms with Crippen molar-refractivity contribution in [3.63, 3.8) is 0 Å². The fourth-order valence-electron chi connectivity index (χ4n) is 1.89. The van der Waals surface area contributed by atoms with Crippen molar-refractivity contribution in [2.45, 2.75) is 19.8 Å². The van der Waals surface area contributed by atoms with Crippen LogP contribution in [0.3, 0.4) is 0 Å². The van der Waals surface area contributed by atoms with E-state index in [1.807, 2.05) is 13.8 Å². The minimum Gasteiger partial charge on any atom is -0.492 e. The largest absolute Gasteiger partial charge is 0.492 e. The maximum absolute atomic E-state index is 14.1. The van der Waals surface area contributed by atoms with E-state index in [9.17, 15) is 9.18 Å². The third-order valence-electron chi connectivity index (χ3n) is 2.84. The lowest BCUT2D eigenvalue weighted by Gasteiger charge is -2.10. The molecule has 5 heteroatoms. The van der Waals surface area contributed by atoms with Crippen molar-refractivity contribution in [3.05, 3.63) is 38.9 Å². The molecule has 18 heavy (non-hydrogen) atoms. The summed E-state index contributed by atoms with van der Waals surface area (Å²) in [6.45, 7) is 3.80. The number of rotatable bonds is 2. The van der Waals surface area contributed by atoms with Gasteiger partial charge in [-0.05, 0) is 18.1 Å². The lowest BCUT2D eigenvalue weighted by atomic mass is 10.0. The molecule has 0 saturated carbocycles. The Kier molecular flexibility index (Phi) is 3.30. The maximum atomic E-state index is 14.1. The van der Waals surface area contributed by atoms with E-state index in [4.69, 9.17) is 16.3 Å². The Morgan fingerprint density at radius 3 is 2.61 bits per heavy atom. The number of methoxy groups -OCH3 is 1. The summed E-state index contributed by atoms with van der Waals surface area (Å²) in [5.41, 5.74) is 0.426. The molecule has 0 aliphatic carbocycles. The first-order chi connectivity index (χ1) is 8.45. The number of fused-ring (bicyclic) bond motifs is 1. The zero-order chi connectivity index (χ0) is 13.4. The summed E-state index contributed by atoms with van der Waals surface area (Å²) in [4.78, 5) is 14.4. The van der Waals surface area contributed by atoms with Gasteiger partial charge in [-0.3, -0.25) is 4.79 Å². The van der Waals surface area contributed by atoms with Gasteiger partial charge in [0.05, 0.1) is 17.6 Å². The summed E-state index contributed by atoms with van der Waals surface area (Å²) < 4.78 is 18.9. The number of hydrogen-bond acceptors (Lipinski definition) is 2. The summed E-state index contributed by atoms with van der Waals surface area (Å²) in [5.74, 6) is -0.647. The van der Waals surface area contributed by atoms with Gasteiger partial charge in [-0.25, -0.2) is 4.39 Å². The van der Waals surface area contributed by atoms with E-state index >= 15 is 0 Å². The van der Waals surface area contributed by atoms with Gasteiger partial charge in [0.25, 0.3) is 5.56 Å². The molecule has 1 N–H and O–H groups in total. The average Bonchev–Trinajstić information content (AvgIpc) is 2.30. The van der Waals surface area contributed by atoms with Crippen LogP contribution in [0.25, 0.3) is 10.9 Å². The maximum Gasteiger partial charge on any atom is 0.251 e. The van der Waals surface area contributed by atoms with Crippen molar-refractivity contribution in [1.29, 1.82) is 0 Å². The Bertz CT molecular complexity index is 664. The number of H-pyrrole nitrogens is 1. The molecule has 1 aromatic carbocycles. The van der Waals surface area contributed by atoms with Crippen LogP contribution in [0.1, 0.15) is 25.3 Å². The van der Waals surface area contributed by atoms with Crippen LogP contribution < -0.4 is 10.3 Å². The van der Waals surface area contributed by atoms with Gasteiger partial charge in [0.15, 0.2) is 11.6 Å². The van der Waals surface area contributed by atoms with Crippen LogP contribution in [0.2, 0.25) is 5.02 Å². The SMILES string of the molecule is COc1c(Cl)cc2cc(C(C)C)c(=O)[nH]c2c1F. The van der Waals surface area contributed by atoms with Gasteiger partial charge in [0.1, 0.15) is 0 Å². The first-order valence-corrected chi connectivity index (χ1v) is 5.92. The van der Waals surface area contributed by atoms with Gasteiger partial charge in [-0.15, -0.1) is 0 Å². The third-order valence-corrected chi connectivity index (χ3v) is 3.13. The molecule has 2 aromatic rings. The van der Waals surface area contributed by atoms with Crippen molar-refractivity contribution in [2.24, 2.45) is 0 Å². The summed E-state index contributed by atoms with van der Waals surface area (Å²) in [7, 11) is 1.33. The van der Waals surface area contributed by atoms with E-state index in [1.165, 1.54) is 7.11 Å². The second kappa shape index (κ2) is 4.61. The van der Waals surface area contributed by atoms with Crippen LogP contribution in [0.5, 0.6) is 5.75 Å². The lowest BCUT2D eigenvalue weighted by Crippen LogP contribution is -2.14. The van der Waals surface area contributed by atoms with Gasteiger partial charge in [-0.1, -0.05) is 25.4 Å². The number of hydrogen-bond donors (Lipinski definition) is 1. The normalized spacial score (nSPS) is 11.2. The monoisotopic (exact) mass is 269 g/mol. The van der Waals surface area contributed by atoms with Crippen molar-refractivity contribution in [1.82, 2.24) is 4.98 Å². The predicted molar refractivity (Wildman–Crippen MR) is 70.2 cm³/mol. The van der Waals surface area contributed by atoms with Crippen LogP contribution >= 0.6 is 11.6 Å². The van der Waals surface area contributed by atoms with Crippen LogP contribution in [-0.2, 0) is 0 Å². The molecule has 1 heterocycles. The molecule has 0 aliphatic rings. The van der Waals surface area contributed by atoms with Gasteiger partial charge in [0.2, 0.25) is 0 Å². The first kappa shape index (κ1) is 12.9. The van der Waals surface area contributed by atoms with Crippen molar-refractivity contribution in [3.8, 4) is 5.75 Å². The van der Waals surface area contributed by atoms with Crippen molar-refractivity contribution in [2.75, 3.05) is 7.11 Å². The van der Waals surface area contributed by atoms with Gasteiger partial charge >= 0.3 is 0 Å². The minimum absolute atomic E-state index is 0.0575. The molecule has 0 atom stereocenters. The molecule has 0 unspecified atom stereocenters. The van der Waals surface area contributed by atoms with Crippen LogP contribution in [0.4, 0.5) is 4.39 Å². The summed E-state index contributed by atoms with van der Waals surface area (Å²) in [6.07, 6.45) is 0. The number of pyridine rings is 1. The summed E-state index contributed by atoms with van der Waals surface area (Å²) in [6, 6.07) is 3.24. The summed E-state index contributed by atoms with van der Waals surface area (Å²) >= 11 is 5.92. The molecule has 3 nitrogen and oxygen atoms in total. The number of nitrogens with one attached hydrogen (secondary N) is 1. The van der Waals surface area contributed by atoms with Crippen molar-refractivity contribution < 1.29 is 9.13 Å². The molecule has 2 rings (SSSR count). The second-order valence-corrected chi connectivity index (χ2v) is 4.79. The fraction of sp³-hybridized carbons (Fsp3) is 0.308. The number of aromatic amines is 1. The highest BCUT2D eigenvalue weighted by atomic mass is 35.5. The zero-order valence-corrected chi connectivity index (χ0v) is 11.1. The summed E-state index contributed by atoms with van der Waals surface area (Å²) in [5, 5.41) is 0.742. The van der Waals surface area contributed by atoms with Gasteiger partial charge in [0, 0.05) is 10.9 Å². The Labute approximate surface area is 109 Å². The minimum atomic E-state index is -0.646. The van der Waals surface area contributed by atoms with Gasteiger partial charge < -0.3 is 9.72 Å². The van der Waals surface area contributed by atoms with E-state index in [-0.39, 0.29) is 27.8 Å². The van der Waals surface area contributed by atoms with Crippen molar-refractivity contribution >= 4 is 22.5 Å². The zero-order valence-electron chi connectivity index (χ0n) is 10.3. The van der Waals surface area contributed by atoms with E-state index in [0.717, 1.165) is 0 Å². The van der Waals surface area contributed by atoms with Crippen LogP contribution in [-0.4, -0.2) is 12.1 Å². The molecule has 0 saturated heterocycles. The fourth-order valence-corrected chi connectivity index (χ4v) is 2.17. The molecule has 0 radical (unpaired) electrons. The number of halogens is 2.